The number of anilines is 1. The molecule has 1 aromatic heterocycles. The summed E-state index contributed by atoms with van der Waals surface area (Å²) in [5, 5.41) is 4.49. The van der Waals surface area contributed by atoms with Gasteiger partial charge in [-0.25, -0.2) is 21.9 Å². The Kier molecular flexibility index (Phi) is 6.74. The first-order valence-electron chi connectivity index (χ1n) is 13.4. The minimum absolute atomic E-state index is 0.0678. The van der Waals surface area contributed by atoms with E-state index in [1.165, 1.54) is 22.5 Å². The van der Waals surface area contributed by atoms with Crippen molar-refractivity contribution in [2.75, 3.05) is 37.7 Å². The number of ether oxygens (including phenoxy) is 1. The van der Waals surface area contributed by atoms with Crippen molar-refractivity contribution in [3.63, 3.8) is 0 Å². The van der Waals surface area contributed by atoms with E-state index in [0.29, 0.717) is 30.8 Å². The van der Waals surface area contributed by atoms with Gasteiger partial charge in [-0.2, -0.15) is 9.40 Å². The number of benzene rings is 2. The number of aromatic nitrogens is 2. The standard InChI is InChI=1S/C29H30F2N4O4S/c1-2-39-28(36)29-16-20-17-32-35(24-8-6-22(30)7-9-24)27(20)14-21(29)10-13-34(19-29)40(37,38)26-5-3-4-25(15-26)33-12-11-23(31)18-33/h3-9,14-15,17,23H,2,10-13,16,18-19H2,1H3/t23-,29?/m1/s1. The predicted molar refractivity (Wildman–Crippen MR) is 146 cm³/mol. The minimum atomic E-state index is -3.96. The maximum Gasteiger partial charge on any atom is 0.317 e. The summed E-state index contributed by atoms with van der Waals surface area (Å²) < 4.78 is 63.7. The summed E-state index contributed by atoms with van der Waals surface area (Å²) in [6, 6.07) is 12.6. The van der Waals surface area contributed by atoms with E-state index in [0.717, 1.165) is 16.8 Å². The Morgan fingerprint density at radius 2 is 1.95 bits per heavy atom. The van der Waals surface area contributed by atoms with Crippen molar-refractivity contribution in [2.45, 2.75) is 37.3 Å². The third kappa shape index (κ3) is 4.50. The molecular weight excluding hydrogens is 538 g/mol. The van der Waals surface area contributed by atoms with Crippen molar-refractivity contribution < 1.29 is 26.7 Å². The molecule has 6 rings (SSSR count). The molecule has 40 heavy (non-hydrogen) atoms. The lowest BCUT2D eigenvalue weighted by Crippen LogP contribution is -2.53. The number of alkyl halides is 1. The lowest BCUT2D eigenvalue weighted by atomic mass is 9.69. The number of esters is 1. The Morgan fingerprint density at radius 3 is 2.67 bits per heavy atom. The van der Waals surface area contributed by atoms with Gasteiger partial charge in [0.25, 0.3) is 0 Å². The van der Waals surface area contributed by atoms with Gasteiger partial charge in [-0.15, -0.1) is 0 Å². The smallest absolute Gasteiger partial charge is 0.317 e. The highest BCUT2D eigenvalue weighted by atomic mass is 32.2. The molecule has 2 aromatic carbocycles. The lowest BCUT2D eigenvalue weighted by molar-refractivity contribution is -0.154. The van der Waals surface area contributed by atoms with Gasteiger partial charge in [-0.3, -0.25) is 4.79 Å². The van der Waals surface area contributed by atoms with Crippen molar-refractivity contribution in [2.24, 2.45) is 5.41 Å². The lowest BCUT2D eigenvalue weighted by Gasteiger charge is -2.44. The SMILES string of the molecule is CCOC(=O)C12Cc3cnn(-c4ccc(F)cc4)c3C=C1CCN(S(=O)(=O)c1cccc(N3CC[C@@H](F)C3)c1)C2. The average Bonchev–Trinajstić information content (AvgIpc) is 3.58. The Balaban J connectivity index is 1.34. The molecule has 3 aromatic rings. The van der Waals surface area contributed by atoms with E-state index in [9.17, 15) is 22.0 Å². The molecule has 0 radical (unpaired) electrons. The fraction of sp³-hybridized carbons (Fsp3) is 0.379. The molecule has 2 aliphatic heterocycles. The fourth-order valence-corrected chi connectivity index (χ4v) is 7.53. The van der Waals surface area contributed by atoms with Crippen LogP contribution in [0.25, 0.3) is 11.8 Å². The monoisotopic (exact) mass is 568 g/mol. The van der Waals surface area contributed by atoms with Crippen LogP contribution in [0, 0.1) is 11.2 Å². The van der Waals surface area contributed by atoms with Crippen LogP contribution < -0.4 is 4.90 Å². The molecule has 11 heteroatoms. The van der Waals surface area contributed by atoms with Gasteiger partial charge in [-0.05, 0) is 85.9 Å². The molecule has 1 unspecified atom stereocenters. The molecule has 8 nitrogen and oxygen atoms in total. The number of halogens is 2. The fourth-order valence-electron chi connectivity index (χ4n) is 5.99. The zero-order valence-corrected chi connectivity index (χ0v) is 22.9. The quantitative estimate of drug-likeness (QED) is 0.416. The minimum Gasteiger partial charge on any atom is -0.465 e. The van der Waals surface area contributed by atoms with Crippen molar-refractivity contribution in [3.05, 3.63) is 77.4 Å². The molecule has 0 N–H and O–H groups in total. The zero-order chi connectivity index (χ0) is 28.1. The van der Waals surface area contributed by atoms with E-state index in [1.54, 1.807) is 48.1 Å². The molecular formula is C29H30F2N4O4S. The maximum atomic E-state index is 13.9. The van der Waals surface area contributed by atoms with Gasteiger partial charge in [0.1, 0.15) is 17.4 Å². The highest BCUT2D eigenvalue weighted by Crippen LogP contribution is 2.46. The van der Waals surface area contributed by atoms with Gasteiger partial charge in [0, 0.05) is 31.9 Å². The largest absolute Gasteiger partial charge is 0.465 e. The van der Waals surface area contributed by atoms with Gasteiger partial charge in [-0.1, -0.05) is 6.07 Å². The van der Waals surface area contributed by atoms with Gasteiger partial charge in [0.15, 0.2) is 0 Å². The number of piperidine rings is 1. The van der Waals surface area contributed by atoms with E-state index >= 15 is 0 Å². The molecule has 3 aliphatic rings. The number of hydrogen-bond acceptors (Lipinski definition) is 6. The van der Waals surface area contributed by atoms with Gasteiger partial charge < -0.3 is 9.64 Å². The summed E-state index contributed by atoms with van der Waals surface area (Å²) in [5.41, 5.74) is 2.49. The summed E-state index contributed by atoms with van der Waals surface area (Å²) in [6.07, 6.45) is 3.61. The second-order valence-corrected chi connectivity index (χ2v) is 12.4. The highest BCUT2D eigenvalue weighted by molar-refractivity contribution is 7.89. The summed E-state index contributed by atoms with van der Waals surface area (Å²) in [5.74, 6) is -0.822. The first kappa shape index (κ1) is 26.6. The van der Waals surface area contributed by atoms with Crippen LogP contribution in [0.1, 0.15) is 31.0 Å². The summed E-state index contributed by atoms with van der Waals surface area (Å²) in [4.78, 5) is 15.5. The molecule has 1 aliphatic carbocycles. The van der Waals surface area contributed by atoms with Crippen molar-refractivity contribution in [1.82, 2.24) is 14.1 Å². The highest BCUT2D eigenvalue weighted by Gasteiger charge is 2.52. The molecule has 2 saturated heterocycles. The van der Waals surface area contributed by atoms with Gasteiger partial charge in [0.05, 0.1) is 29.1 Å². The summed E-state index contributed by atoms with van der Waals surface area (Å²) in [7, 11) is -3.96. The van der Waals surface area contributed by atoms with Crippen LogP contribution in [0.4, 0.5) is 14.5 Å². The van der Waals surface area contributed by atoms with Crippen molar-refractivity contribution in [3.8, 4) is 5.69 Å². The van der Waals surface area contributed by atoms with Crippen molar-refractivity contribution >= 4 is 27.8 Å². The molecule has 3 heterocycles. The van der Waals surface area contributed by atoms with Gasteiger partial charge >= 0.3 is 5.97 Å². The van der Waals surface area contributed by atoms with Crippen LogP contribution in [0.3, 0.4) is 0 Å². The van der Waals surface area contributed by atoms with E-state index < -0.39 is 27.6 Å². The molecule has 0 saturated carbocycles. The van der Waals surface area contributed by atoms with Gasteiger partial charge in [0.2, 0.25) is 10.0 Å². The first-order chi connectivity index (χ1) is 19.2. The predicted octanol–water partition coefficient (Wildman–Crippen LogP) is 4.14. The van der Waals surface area contributed by atoms with Crippen molar-refractivity contribution in [1.29, 1.82) is 0 Å². The first-order valence-corrected chi connectivity index (χ1v) is 14.9. The second kappa shape index (κ2) is 10.1. The third-order valence-electron chi connectivity index (χ3n) is 8.07. The van der Waals surface area contributed by atoms with E-state index in [2.05, 4.69) is 5.10 Å². The molecule has 210 valence electrons. The number of nitrogens with zero attached hydrogens (tertiary/aromatic N) is 4. The average molecular weight is 569 g/mol. The molecule has 0 bridgehead atoms. The summed E-state index contributed by atoms with van der Waals surface area (Å²) >= 11 is 0. The molecule has 0 amide bonds. The van der Waals surface area contributed by atoms with Crippen LogP contribution in [-0.2, 0) is 26.0 Å². The molecule has 2 fully saturated rings. The van der Waals surface area contributed by atoms with E-state index in [4.69, 9.17) is 4.74 Å². The normalized spacial score (nSPS) is 22.9. The number of carbonyl (C=O) groups is 1. The van der Waals surface area contributed by atoms with Crippen LogP contribution in [0.2, 0.25) is 0 Å². The number of rotatable bonds is 6. The topological polar surface area (TPSA) is 84.7 Å². The van der Waals surface area contributed by atoms with E-state index in [1.807, 2.05) is 11.0 Å². The molecule has 0 spiro atoms. The maximum absolute atomic E-state index is 13.9. The Morgan fingerprint density at radius 1 is 1.15 bits per heavy atom. The Labute approximate surface area is 231 Å². The summed E-state index contributed by atoms with van der Waals surface area (Å²) in [6.45, 7) is 2.78. The van der Waals surface area contributed by atoms with E-state index in [-0.39, 0.29) is 43.4 Å². The molecule has 2 atom stereocenters. The van der Waals surface area contributed by atoms with Crippen LogP contribution in [0.5, 0.6) is 0 Å². The third-order valence-corrected chi connectivity index (χ3v) is 9.91. The number of fused-ring (bicyclic) bond motifs is 2. The second-order valence-electron chi connectivity index (χ2n) is 10.5. The Hall–Kier alpha value is -3.57. The number of hydrogen-bond donors (Lipinski definition) is 0. The number of sulfonamides is 1. The van der Waals surface area contributed by atoms with Crippen LogP contribution in [-0.4, -0.2) is 67.4 Å². The van der Waals surface area contributed by atoms with Crippen LogP contribution >= 0.6 is 0 Å². The number of carbonyl (C=O) groups excluding carboxylic acids is 1. The zero-order valence-electron chi connectivity index (χ0n) is 22.1. The Bertz CT molecular complexity index is 1590. The van der Waals surface area contributed by atoms with Crippen LogP contribution in [0.15, 0.2) is 65.2 Å².